The normalized spacial score (nSPS) is 16.6. The van der Waals surface area contributed by atoms with Gasteiger partial charge in [-0.2, -0.15) is 4.31 Å². The molecule has 0 amide bonds. The number of piperazine rings is 1. The van der Waals surface area contributed by atoms with Crippen LogP contribution in [0.5, 0.6) is 0 Å². The van der Waals surface area contributed by atoms with Crippen molar-refractivity contribution in [3.63, 3.8) is 0 Å². The van der Waals surface area contributed by atoms with Crippen molar-refractivity contribution in [1.82, 2.24) is 9.21 Å². The van der Waals surface area contributed by atoms with Crippen LogP contribution in [0.25, 0.3) is 0 Å². The fraction of sp³-hybridized carbons (Fsp3) is 0.429. The van der Waals surface area contributed by atoms with Gasteiger partial charge in [0.15, 0.2) is 0 Å². The smallest absolute Gasteiger partial charge is 0.243 e. The number of rotatable bonds is 4. The maximum Gasteiger partial charge on any atom is 0.243 e. The molecular formula is C21H27ClN2O2S. The van der Waals surface area contributed by atoms with Crippen molar-refractivity contribution >= 4 is 21.6 Å². The molecule has 27 heavy (non-hydrogen) atoms. The third-order valence-electron chi connectivity index (χ3n) is 5.52. The van der Waals surface area contributed by atoms with Gasteiger partial charge in [0.05, 0.1) is 4.90 Å². The van der Waals surface area contributed by atoms with E-state index in [1.54, 1.807) is 4.31 Å². The molecule has 0 saturated carbocycles. The zero-order valence-corrected chi connectivity index (χ0v) is 18.0. The Balaban J connectivity index is 1.76. The van der Waals surface area contributed by atoms with Gasteiger partial charge >= 0.3 is 0 Å². The third-order valence-corrected chi connectivity index (χ3v) is 7.93. The Morgan fingerprint density at radius 3 is 2.07 bits per heavy atom. The number of hydrogen-bond acceptors (Lipinski definition) is 3. The van der Waals surface area contributed by atoms with E-state index in [2.05, 4.69) is 17.0 Å². The lowest BCUT2D eigenvalue weighted by molar-refractivity contribution is 0.181. The molecular weight excluding hydrogens is 380 g/mol. The van der Waals surface area contributed by atoms with E-state index in [1.165, 1.54) is 0 Å². The second kappa shape index (κ2) is 7.92. The molecule has 1 aliphatic heterocycles. The van der Waals surface area contributed by atoms with Crippen LogP contribution in [0.15, 0.2) is 35.2 Å². The van der Waals surface area contributed by atoms with Crippen LogP contribution in [0.1, 0.15) is 27.8 Å². The molecule has 2 aromatic carbocycles. The first-order chi connectivity index (χ1) is 12.7. The van der Waals surface area contributed by atoms with Crippen LogP contribution >= 0.6 is 11.6 Å². The Kier molecular flexibility index (Phi) is 5.96. The summed E-state index contributed by atoms with van der Waals surface area (Å²) in [5.74, 6) is 0. The van der Waals surface area contributed by atoms with Gasteiger partial charge in [-0.15, -0.1) is 0 Å². The Hall–Kier alpha value is -1.40. The maximum atomic E-state index is 13.3. The van der Waals surface area contributed by atoms with Gasteiger partial charge in [0.1, 0.15) is 0 Å². The highest BCUT2D eigenvalue weighted by Gasteiger charge is 2.31. The molecule has 1 saturated heterocycles. The van der Waals surface area contributed by atoms with E-state index in [4.69, 9.17) is 11.6 Å². The van der Waals surface area contributed by atoms with E-state index in [0.29, 0.717) is 31.1 Å². The quantitative estimate of drug-likeness (QED) is 0.768. The summed E-state index contributed by atoms with van der Waals surface area (Å²) >= 11 is 6.06. The molecule has 0 bridgehead atoms. The minimum absolute atomic E-state index is 0.489. The topological polar surface area (TPSA) is 40.6 Å². The fourth-order valence-electron chi connectivity index (χ4n) is 3.72. The van der Waals surface area contributed by atoms with Crippen LogP contribution in [-0.2, 0) is 16.6 Å². The van der Waals surface area contributed by atoms with Gasteiger partial charge in [-0.3, -0.25) is 4.90 Å². The second-order valence-corrected chi connectivity index (χ2v) is 9.71. The third kappa shape index (κ3) is 4.21. The largest absolute Gasteiger partial charge is 0.296 e. The molecule has 0 spiro atoms. The Bertz CT molecular complexity index is 923. The first-order valence-electron chi connectivity index (χ1n) is 9.24. The fourth-order valence-corrected chi connectivity index (χ4v) is 5.93. The maximum absolute atomic E-state index is 13.3. The first kappa shape index (κ1) is 20.3. The second-order valence-electron chi connectivity index (χ2n) is 7.40. The van der Waals surface area contributed by atoms with E-state index in [1.807, 2.05) is 45.9 Å². The molecule has 0 aromatic heterocycles. The molecule has 2 aromatic rings. The van der Waals surface area contributed by atoms with E-state index in [9.17, 15) is 8.42 Å². The van der Waals surface area contributed by atoms with E-state index >= 15 is 0 Å². The summed E-state index contributed by atoms with van der Waals surface area (Å²) in [6, 6.07) is 9.89. The average Bonchev–Trinajstić information content (AvgIpc) is 2.60. The van der Waals surface area contributed by atoms with Crippen molar-refractivity contribution < 1.29 is 8.42 Å². The molecule has 0 aliphatic carbocycles. The van der Waals surface area contributed by atoms with E-state index < -0.39 is 10.0 Å². The van der Waals surface area contributed by atoms with Gasteiger partial charge in [-0.05, 0) is 67.6 Å². The standard InChI is InChI=1S/C21H27ClN2O2S/c1-15-12-16(2)18(4)21(17(15)3)27(25,26)24-10-8-23(9-11-24)14-19-6-5-7-20(22)13-19/h5-7,12-13H,8-11,14H2,1-4H3. The van der Waals surface area contributed by atoms with E-state index in [0.717, 1.165) is 39.4 Å². The lowest BCUT2D eigenvalue weighted by Crippen LogP contribution is -2.48. The van der Waals surface area contributed by atoms with Crippen LogP contribution in [0.4, 0.5) is 0 Å². The molecule has 1 fully saturated rings. The molecule has 4 nitrogen and oxygen atoms in total. The summed E-state index contributed by atoms with van der Waals surface area (Å²) in [5, 5.41) is 0.731. The number of nitrogens with zero attached hydrogens (tertiary/aromatic N) is 2. The van der Waals surface area contributed by atoms with Gasteiger partial charge in [-0.25, -0.2) is 8.42 Å². The van der Waals surface area contributed by atoms with Crippen molar-refractivity contribution in [2.24, 2.45) is 0 Å². The lowest BCUT2D eigenvalue weighted by Gasteiger charge is -2.34. The minimum Gasteiger partial charge on any atom is -0.296 e. The molecule has 0 radical (unpaired) electrons. The summed E-state index contributed by atoms with van der Waals surface area (Å²) in [6.45, 7) is 11.0. The highest BCUT2D eigenvalue weighted by atomic mass is 35.5. The minimum atomic E-state index is -3.49. The molecule has 146 valence electrons. The zero-order chi connectivity index (χ0) is 19.8. The van der Waals surface area contributed by atoms with Gasteiger partial charge in [0.25, 0.3) is 0 Å². The van der Waals surface area contributed by atoms with Crippen LogP contribution < -0.4 is 0 Å². The summed E-state index contributed by atoms with van der Waals surface area (Å²) in [4.78, 5) is 2.77. The predicted molar refractivity (Wildman–Crippen MR) is 111 cm³/mol. The molecule has 1 heterocycles. The van der Waals surface area contributed by atoms with Crippen molar-refractivity contribution in [3.8, 4) is 0 Å². The van der Waals surface area contributed by atoms with Crippen LogP contribution in [0.3, 0.4) is 0 Å². The monoisotopic (exact) mass is 406 g/mol. The number of halogens is 1. The molecule has 0 N–H and O–H groups in total. The Morgan fingerprint density at radius 2 is 1.52 bits per heavy atom. The van der Waals surface area contributed by atoms with Crippen LogP contribution in [-0.4, -0.2) is 43.8 Å². The molecule has 0 unspecified atom stereocenters. The van der Waals surface area contributed by atoms with E-state index in [-0.39, 0.29) is 0 Å². The van der Waals surface area contributed by atoms with Gasteiger partial charge < -0.3 is 0 Å². The zero-order valence-electron chi connectivity index (χ0n) is 16.4. The van der Waals surface area contributed by atoms with Crippen molar-refractivity contribution in [1.29, 1.82) is 0 Å². The summed E-state index contributed by atoms with van der Waals surface area (Å²) in [6.07, 6.45) is 0. The SMILES string of the molecule is Cc1cc(C)c(C)c(S(=O)(=O)N2CCN(Cc3cccc(Cl)c3)CC2)c1C. The molecule has 1 aliphatic rings. The first-order valence-corrected chi connectivity index (χ1v) is 11.1. The summed E-state index contributed by atoms with van der Waals surface area (Å²) < 4.78 is 28.3. The summed E-state index contributed by atoms with van der Waals surface area (Å²) in [7, 11) is -3.49. The Morgan fingerprint density at radius 1 is 0.926 bits per heavy atom. The van der Waals surface area contributed by atoms with Gasteiger partial charge in [0, 0.05) is 37.7 Å². The van der Waals surface area contributed by atoms with Gasteiger partial charge in [0.2, 0.25) is 10.0 Å². The highest BCUT2D eigenvalue weighted by molar-refractivity contribution is 7.89. The Labute approximate surface area is 167 Å². The molecule has 0 atom stereocenters. The number of hydrogen-bond donors (Lipinski definition) is 0. The van der Waals surface area contributed by atoms with Crippen LogP contribution in [0.2, 0.25) is 5.02 Å². The van der Waals surface area contributed by atoms with Crippen LogP contribution in [0, 0.1) is 27.7 Å². The molecule has 6 heteroatoms. The van der Waals surface area contributed by atoms with Gasteiger partial charge in [-0.1, -0.05) is 29.8 Å². The lowest BCUT2D eigenvalue weighted by atomic mass is 10.0. The number of sulfonamides is 1. The van der Waals surface area contributed by atoms with Crippen molar-refractivity contribution in [2.75, 3.05) is 26.2 Å². The number of benzene rings is 2. The summed E-state index contributed by atoms with van der Waals surface area (Å²) in [5.41, 5.74) is 4.92. The average molecular weight is 407 g/mol. The van der Waals surface area contributed by atoms with Crippen molar-refractivity contribution in [3.05, 3.63) is 63.2 Å². The van der Waals surface area contributed by atoms with Crippen molar-refractivity contribution in [2.45, 2.75) is 39.1 Å². The molecule has 3 rings (SSSR count). The number of aryl methyl sites for hydroxylation is 2. The highest BCUT2D eigenvalue weighted by Crippen LogP contribution is 2.29. The predicted octanol–water partition coefficient (Wildman–Crippen LogP) is 4.08.